The molecule has 0 saturated heterocycles. The van der Waals surface area contributed by atoms with Crippen LogP contribution in [-0.2, 0) is 0 Å². The van der Waals surface area contributed by atoms with Crippen molar-refractivity contribution in [1.29, 1.82) is 0 Å². The van der Waals surface area contributed by atoms with Crippen LogP contribution in [0.5, 0.6) is 0 Å². The largest absolute Gasteiger partial charge is 0.464 e. The number of carbonyl (C=O) groups excluding carboxylic acids is 2. The molecule has 36 heavy (non-hydrogen) atoms. The number of hydrogen-bond donors (Lipinski definition) is 1. The summed E-state index contributed by atoms with van der Waals surface area (Å²) < 4.78 is 5.43. The molecule has 0 atom stereocenters. The lowest BCUT2D eigenvalue weighted by atomic mass is 9.89. The lowest BCUT2D eigenvalue weighted by Gasteiger charge is -2.30. The molecule has 1 N–H and O–H groups in total. The van der Waals surface area contributed by atoms with Crippen LogP contribution in [0.1, 0.15) is 58.0 Å². The highest BCUT2D eigenvalue weighted by molar-refractivity contribution is 7.15. The highest BCUT2D eigenvalue weighted by atomic mass is 32.1. The van der Waals surface area contributed by atoms with Crippen LogP contribution in [0.15, 0.2) is 65.3 Å². The van der Waals surface area contributed by atoms with Crippen molar-refractivity contribution in [2.24, 2.45) is 5.92 Å². The molecule has 7 heteroatoms. The quantitative estimate of drug-likeness (QED) is 0.307. The van der Waals surface area contributed by atoms with E-state index in [4.69, 9.17) is 4.42 Å². The summed E-state index contributed by atoms with van der Waals surface area (Å²) in [5, 5.41) is 4.67. The third kappa shape index (κ3) is 5.36. The van der Waals surface area contributed by atoms with E-state index in [-0.39, 0.29) is 11.8 Å². The summed E-state index contributed by atoms with van der Waals surface area (Å²) in [6.07, 6.45) is 7.56. The topological polar surface area (TPSA) is 75.4 Å². The van der Waals surface area contributed by atoms with Gasteiger partial charge in [-0.2, -0.15) is 0 Å². The molecule has 2 heterocycles. The first-order chi connectivity index (χ1) is 17.6. The maximum atomic E-state index is 13.9. The van der Waals surface area contributed by atoms with Crippen molar-refractivity contribution in [3.05, 3.63) is 77.1 Å². The Morgan fingerprint density at radius 3 is 2.67 bits per heavy atom. The number of amides is 2. The van der Waals surface area contributed by atoms with Crippen molar-refractivity contribution >= 4 is 34.1 Å². The van der Waals surface area contributed by atoms with Crippen molar-refractivity contribution < 1.29 is 14.0 Å². The number of nitrogens with zero attached hydrogens (tertiary/aromatic N) is 2. The molecule has 1 aliphatic rings. The van der Waals surface area contributed by atoms with E-state index >= 15 is 0 Å². The van der Waals surface area contributed by atoms with E-state index in [1.165, 1.54) is 19.3 Å². The van der Waals surface area contributed by atoms with E-state index in [1.54, 1.807) is 29.7 Å². The van der Waals surface area contributed by atoms with E-state index in [9.17, 15) is 9.59 Å². The lowest BCUT2D eigenvalue weighted by molar-refractivity contribution is 0.0703. The summed E-state index contributed by atoms with van der Waals surface area (Å²) in [4.78, 5) is 34.3. The first kappa shape index (κ1) is 24.3. The van der Waals surface area contributed by atoms with Gasteiger partial charge in [-0.3, -0.25) is 9.59 Å². The molecule has 1 fully saturated rings. The maximum absolute atomic E-state index is 13.9. The summed E-state index contributed by atoms with van der Waals surface area (Å²) in [7, 11) is 0. The van der Waals surface area contributed by atoms with Gasteiger partial charge in [0.25, 0.3) is 11.8 Å². The number of nitrogens with one attached hydrogen (secondary N) is 1. The fourth-order valence-electron chi connectivity index (χ4n) is 5.06. The second-order valence-corrected chi connectivity index (χ2v) is 10.6. The molecule has 2 amide bonds. The van der Waals surface area contributed by atoms with Gasteiger partial charge in [-0.25, -0.2) is 4.98 Å². The average molecular weight is 502 g/mol. The molecular weight excluding hydrogens is 470 g/mol. The Labute approximate surface area is 215 Å². The van der Waals surface area contributed by atoms with Crippen molar-refractivity contribution in [3.63, 3.8) is 0 Å². The molecule has 0 radical (unpaired) electrons. The first-order valence-corrected chi connectivity index (χ1v) is 13.5. The van der Waals surface area contributed by atoms with Crippen molar-refractivity contribution in [2.75, 3.05) is 19.6 Å². The minimum Gasteiger partial charge on any atom is -0.464 e. The second-order valence-electron chi connectivity index (χ2n) is 9.43. The Morgan fingerprint density at radius 2 is 1.86 bits per heavy atom. The van der Waals surface area contributed by atoms with Crippen LogP contribution in [0.25, 0.3) is 21.4 Å². The van der Waals surface area contributed by atoms with Gasteiger partial charge < -0.3 is 14.6 Å². The zero-order valence-corrected chi connectivity index (χ0v) is 21.4. The number of thiazole rings is 1. The Bertz CT molecular complexity index is 1340. The second kappa shape index (κ2) is 11.1. The normalized spacial score (nSPS) is 14.1. The van der Waals surface area contributed by atoms with Crippen LogP contribution in [0.3, 0.4) is 0 Å². The molecule has 1 aliphatic carbocycles. The molecule has 4 aromatic rings. The van der Waals surface area contributed by atoms with E-state index in [2.05, 4.69) is 10.3 Å². The number of carbonyl (C=O) groups is 2. The molecule has 2 aromatic carbocycles. The van der Waals surface area contributed by atoms with Gasteiger partial charge in [0.2, 0.25) is 0 Å². The highest BCUT2D eigenvalue weighted by Gasteiger charge is 2.26. The smallest absolute Gasteiger partial charge is 0.274 e. The third-order valence-corrected chi connectivity index (χ3v) is 7.89. The zero-order valence-electron chi connectivity index (χ0n) is 20.5. The summed E-state index contributed by atoms with van der Waals surface area (Å²) in [6, 6.07) is 17.2. The number of furan rings is 1. The molecule has 0 unspecified atom stereocenters. The molecule has 6 nitrogen and oxygen atoms in total. The van der Waals surface area contributed by atoms with Crippen LogP contribution in [0, 0.1) is 12.8 Å². The molecule has 0 aliphatic heterocycles. The van der Waals surface area contributed by atoms with Crippen LogP contribution in [0.2, 0.25) is 0 Å². The van der Waals surface area contributed by atoms with E-state index < -0.39 is 0 Å². The molecule has 2 aromatic heterocycles. The Hall–Kier alpha value is -3.45. The maximum Gasteiger partial charge on any atom is 0.274 e. The molecular formula is C29H31N3O3S. The van der Waals surface area contributed by atoms with E-state index in [1.807, 2.05) is 54.3 Å². The van der Waals surface area contributed by atoms with E-state index in [0.717, 1.165) is 33.7 Å². The van der Waals surface area contributed by atoms with E-state index in [0.29, 0.717) is 42.4 Å². The van der Waals surface area contributed by atoms with Gasteiger partial charge in [0.15, 0.2) is 0 Å². The molecule has 186 valence electrons. The lowest BCUT2D eigenvalue weighted by Crippen LogP contribution is -2.41. The summed E-state index contributed by atoms with van der Waals surface area (Å²) >= 11 is 1.55. The predicted octanol–water partition coefficient (Wildman–Crippen LogP) is 6.32. The fourth-order valence-corrected chi connectivity index (χ4v) is 5.97. The predicted molar refractivity (Wildman–Crippen MR) is 143 cm³/mol. The van der Waals surface area contributed by atoms with Crippen LogP contribution in [0.4, 0.5) is 0 Å². The van der Waals surface area contributed by atoms with Gasteiger partial charge in [-0.05, 0) is 49.4 Å². The molecule has 5 rings (SSSR count). The Balaban J connectivity index is 1.33. The number of rotatable bonds is 8. The van der Waals surface area contributed by atoms with Crippen molar-refractivity contribution in [3.8, 4) is 10.4 Å². The number of hydrogen-bond acceptors (Lipinski definition) is 5. The van der Waals surface area contributed by atoms with Gasteiger partial charge in [-0.1, -0.05) is 55.7 Å². The van der Waals surface area contributed by atoms with Crippen molar-refractivity contribution in [2.45, 2.75) is 39.0 Å². The zero-order chi connectivity index (χ0) is 24.9. The first-order valence-electron chi connectivity index (χ1n) is 12.7. The average Bonchev–Trinajstić information content (AvgIpc) is 3.55. The number of aromatic nitrogens is 1. The Kier molecular flexibility index (Phi) is 7.47. The summed E-state index contributed by atoms with van der Waals surface area (Å²) in [5.41, 5.74) is 2.77. The van der Waals surface area contributed by atoms with Gasteiger partial charge in [0.05, 0.1) is 21.7 Å². The van der Waals surface area contributed by atoms with Gasteiger partial charge >= 0.3 is 0 Å². The number of benzene rings is 2. The highest BCUT2D eigenvalue weighted by Crippen LogP contribution is 2.32. The number of aryl methyl sites for hydroxylation is 1. The van der Waals surface area contributed by atoms with Crippen LogP contribution in [-0.4, -0.2) is 41.3 Å². The van der Waals surface area contributed by atoms with Gasteiger partial charge in [0.1, 0.15) is 11.3 Å². The van der Waals surface area contributed by atoms with Crippen molar-refractivity contribution in [1.82, 2.24) is 15.2 Å². The molecule has 0 bridgehead atoms. The molecule has 0 spiro atoms. The van der Waals surface area contributed by atoms with Crippen LogP contribution >= 0.6 is 11.3 Å². The Morgan fingerprint density at radius 1 is 1.06 bits per heavy atom. The third-order valence-electron chi connectivity index (χ3n) is 6.87. The monoisotopic (exact) mass is 501 g/mol. The minimum absolute atomic E-state index is 0.0602. The SMILES string of the molecule is Cc1nc(C(=O)N(CCNC(=O)c2cccc3occc23)CC2CCCCC2)c(-c2ccccc2)s1. The fraction of sp³-hybridized carbons (Fsp3) is 0.345. The van der Waals surface area contributed by atoms with Gasteiger partial charge in [-0.15, -0.1) is 11.3 Å². The molecule has 1 saturated carbocycles. The van der Waals surface area contributed by atoms with Gasteiger partial charge in [0, 0.05) is 25.0 Å². The summed E-state index contributed by atoms with van der Waals surface area (Å²) in [6.45, 7) is 3.44. The standard InChI is InChI=1S/C29H31N3O3S/c1-20-31-26(27(36-20)22-11-6-3-7-12-22)29(34)32(19-21-9-4-2-5-10-21)17-16-30-28(33)24-13-8-14-25-23(24)15-18-35-25/h3,6-8,11-15,18,21H,2,4-5,9-10,16-17,19H2,1H3,(H,30,33). The number of fused-ring (bicyclic) bond motifs is 1. The summed E-state index contributed by atoms with van der Waals surface area (Å²) in [5.74, 6) is 0.259. The van der Waals surface area contributed by atoms with Crippen LogP contribution < -0.4 is 5.32 Å². The minimum atomic E-state index is -0.165.